The summed E-state index contributed by atoms with van der Waals surface area (Å²) in [6.45, 7) is 5.51. The molecule has 1 N–H and O–H groups in total. The monoisotopic (exact) mass is 154 g/mol. The maximum Gasteiger partial charge on any atom is 0.162 e. The average Bonchev–Trinajstić information content (AvgIpc) is 2.00. The van der Waals surface area contributed by atoms with E-state index < -0.39 is 6.10 Å². The third-order valence-corrected chi connectivity index (χ3v) is 2.53. The van der Waals surface area contributed by atoms with Crippen LogP contribution in [0, 0.1) is 5.41 Å². The van der Waals surface area contributed by atoms with Gasteiger partial charge in [0.25, 0.3) is 0 Å². The molecule has 2 nitrogen and oxygen atoms in total. The van der Waals surface area contributed by atoms with E-state index in [1.165, 1.54) is 0 Å². The Morgan fingerprint density at radius 3 is 2.91 bits per heavy atom. The Labute approximate surface area is 66.9 Å². The summed E-state index contributed by atoms with van der Waals surface area (Å²) in [5, 5.41) is 9.48. The molecule has 2 atom stereocenters. The number of rotatable bonds is 1. The highest BCUT2D eigenvalue weighted by Gasteiger charge is 2.37. The maximum atomic E-state index is 11.1. The summed E-state index contributed by atoms with van der Waals surface area (Å²) in [4.78, 5) is 11.1. The van der Waals surface area contributed by atoms with Gasteiger partial charge in [-0.25, -0.2) is 0 Å². The number of aliphatic hydroxyl groups excluding tert-OH is 1. The predicted molar refractivity (Wildman–Crippen MR) is 43.2 cm³/mol. The lowest BCUT2D eigenvalue weighted by Crippen LogP contribution is -2.40. The second-order valence-corrected chi connectivity index (χ2v) is 3.43. The zero-order valence-electron chi connectivity index (χ0n) is 6.84. The third-order valence-electron chi connectivity index (χ3n) is 2.53. The lowest BCUT2D eigenvalue weighted by molar-refractivity contribution is -0.135. The molecule has 0 aromatic rings. The minimum atomic E-state index is -0.825. The fraction of sp³-hybridized carbons (Fsp3) is 0.667. The molecule has 1 aliphatic carbocycles. The van der Waals surface area contributed by atoms with Gasteiger partial charge in [0.05, 0.1) is 0 Å². The maximum absolute atomic E-state index is 11.1. The van der Waals surface area contributed by atoms with Crippen LogP contribution in [-0.2, 0) is 4.79 Å². The standard InChI is InChI=1S/C9H14O2/c1-3-9(2)6-4-5-7(10)8(9)11/h3,8,11H,1,4-6H2,2H3. The number of carbonyl (C=O) groups excluding carboxylic acids is 1. The van der Waals surface area contributed by atoms with Gasteiger partial charge in [-0.05, 0) is 12.8 Å². The highest BCUT2D eigenvalue weighted by Crippen LogP contribution is 2.34. The molecule has 0 radical (unpaired) electrons. The van der Waals surface area contributed by atoms with E-state index in [1.54, 1.807) is 6.08 Å². The van der Waals surface area contributed by atoms with E-state index in [0.29, 0.717) is 6.42 Å². The Kier molecular flexibility index (Phi) is 2.14. The fourth-order valence-electron chi connectivity index (χ4n) is 1.50. The minimum Gasteiger partial charge on any atom is -0.384 e. The van der Waals surface area contributed by atoms with Crippen LogP contribution in [0.1, 0.15) is 26.2 Å². The minimum absolute atomic E-state index is 0.0429. The van der Waals surface area contributed by atoms with Gasteiger partial charge in [-0.15, -0.1) is 6.58 Å². The zero-order chi connectivity index (χ0) is 8.48. The molecule has 0 saturated heterocycles. The van der Waals surface area contributed by atoms with Crippen molar-refractivity contribution < 1.29 is 9.90 Å². The zero-order valence-corrected chi connectivity index (χ0v) is 6.84. The highest BCUT2D eigenvalue weighted by atomic mass is 16.3. The van der Waals surface area contributed by atoms with Crippen molar-refractivity contribution in [2.45, 2.75) is 32.3 Å². The van der Waals surface area contributed by atoms with Gasteiger partial charge in [0.1, 0.15) is 6.10 Å². The van der Waals surface area contributed by atoms with Gasteiger partial charge in [-0.3, -0.25) is 4.79 Å². The molecule has 0 aromatic heterocycles. The van der Waals surface area contributed by atoms with Crippen LogP contribution >= 0.6 is 0 Å². The summed E-state index contributed by atoms with van der Waals surface area (Å²) in [5.74, 6) is -0.0429. The molecular formula is C9H14O2. The Balaban J connectivity index is 2.80. The molecule has 0 aromatic carbocycles. The van der Waals surface area contributed by atoms with Gasteiger partial charge in [0, 0.05) is 11.8 Å². The lowest BCUT2D eigenvalue weighted by Gasteiger charge is -2.34. The molecule has 2 heteroatoms. The first-order chi connectivity index (χ1) is 5.10. The quantitative estimate of drug-likeness (QED) is 0.578. The van der Waals surface area contributed by atoms with Crippen molar-refractivity contribution >= 4 is 5.78 Å². The molecule has 0 amide bonds. The molecule has 11 heavy (non-hydrogen) atoms. The van der Waals surface area contributed by atoms with Crippen LogP contribution in [0.3, 0.4) is 0 Å². The fourth-order valence-corrected chi connectivity index (χ4v) is 1.50. The molecule has 0 aliphatic heterocycles. The number of ketones is 1. The molecule has 0 heterocycles. The van der Waals surface area contributed by atoms with E-state index in [0.717, 1.165) is 12.8 Å². The van der Waals surface area contributed by atoms with E-state index >= 15 is 0 Å². The highest BCUT2D eigenvalue weighted by molar-refractivity contribution is 5.84. The summed E-state index contributed by atoms with van der Waals surface area (Å²) >= 11 is 0. The van der Waals surface area contributed by atoms with Gasteiger partial charge >= 0.3 is 0 Å². The Morgan fingerprint density at radius 2 is 2.45 bits per heavy atom. The van der Waals surface area contributed by atoms with Crippen LogP contribution < -0.4 is 0 Å². The van der Waals surface area contributed by atoms with Gasteiger partial charge in [0.2, 0.25) is 0 Å². The number of carbonyl (C=O) groups is 1. The van der Waals surface area contributed by atoms with Crippen LogP contribution in [0.2, 0.25) is 0 Å². The molecule has 1 fully saturated rings. The van der Waals surface area contributed by atoms with Crippen LogP contribution in [0.5, 0.6) is 0 Å². The Hall–Kier alpha value is -0.630. The number of hydrogen-bond donors (Lipinski definition) is 1. The lowest BCUT2D eigenvalue weighted by atomic mass is 9.73. The second kappa shape index (κ2) is 2.78. The van der Waals surface area contributed by atoms with Gasteiger partial charge in [-0.2, -0.15) is 0 Å². The first kappa shape index (κ1) is 8.47. The van der Waals surface area contributed by atoms with Crippen LogP contribution in [0.15, 0.2) is 12.7 Å². The largest absolute Gasteiger partial charge is 0.384 e. The van der Waals surface area contributed by atoms with Gasteiger partial charge < -0.3 is 5.11 Å². The van der Waals surface area contributed by atoms with Crippen LogP contribution in [0.25, 0.3) is 0 Å². The van der Waals surface area contributed by atoms with Crippen molar-refractivity contribution in [3.8, 4) is 0 Å². The van der Waals surface area contributed by atoms with E-state index in [1.807, 2.05) is 6.92 Å². The Bertz CT molecular complexity index is 186. The predicted octanol–water partition coefficient (Wildman–Crippen LogP) is 1.29. The van der Waals surface area contributed by atoms with Crippen LogP contribution in [0.4, 0.5) is 0 Å². The summed E-state index contributed by atoms with van der Waals surface area (Å²) in [6.07, 6.45) is 3.12. The molecule has 1 rings (SSSR count). The first-order valence-corrected chi connectivity index (χ1v) is 3.94. The normalized spacial score (nSPS) is 38.7. The van der Waals surface area contributed by atoms with Crippen molar-refractivity contribution in [2.24, 2.45) is 5.41 Å². The van der Waals surface area contributed by atoms with Crippen molar-refractivity contribution in [3.63, 3.8) is 0 Å². The third kappa shape index (κ3) is 1.36. The van der Waals surface area contributed by atoms with E-state index in [2.05, 4.69) is 6.58 Å². The molecule has 2 unspecified atom stereocenters. The molecule has 1 saturated carbocycles. The summed E-state index contributed by atoms with van der Waals surface area (Å²) < 4.78 is 0. The molecule has 62 valence electrons. The van der Waals surface area contributed by atoms with Gasteiger partial charge in [0.15, 0.2) is 5.78 Å². The van der Waals surface area contributed by atoms with E-state index in [9.17, 15) is 9.90 Å². The molecular weight excluding hydrogens is 140 g/mol. The smallest absolute Gasteiger partial charge is 0.162 e. The average molecular weight is 154 g/mol. The van der Waals surface area contributed by atoms with Crippen molar-refractivity contribution in [3.05, 3.63) is 12.7 Å². The number of aliphatic hydroxyl groups is 1. The number of hydrogen-bond acceptors (Lipinski definition) is 2. The van der Waals surface area contributed by atoms with E-state index in [4.69, 9.17) is 0 Å². The summed E-state index contributed by atoms with van der Waals surface area (Å²) in [6, 6.07) is 0. The second-order valence-electron chi connectivity index (χ2n) is 3.43. The first-order valence-electron chi connectivity index (χ1n) is 3.94. The summed E-state index contributed by atoms with van der Waals surface area (Å²) in [5.41, 5.74) is -0.380. The number of Topliss-reactive ketones (excluding diaryl/α,β-unsaturated/α-hetero) is 1. The molecule has 0 bridgehead atoms. The van der Waals surface area contributed by atoms with Gasteiger partial charge in [-0.1, -0.05) is 13.0 Å². The molecule has 1 aliphatic rings. The van der Waals surface area contributed by atoms with Crippen molar-refractivity contribution in [2.75, 3.05) is 0 Å². The Morgan fingerprint density at radius 1 is 1.82 bits per heavy atom. The van der Waals surface area contributed by atoms with Crippen molar-refractivity contribution in [1.82, 2.24) is 0 Å². The summed E-state index contributed by atoms with van der Waals surface area (Å²) in [7, 11) is 0. The topological polar surface area (TPSA) is 37.3 Å². The van der Waals surface area contributed by atoms with Crippen LogP contribution in [-0.4, -0.2) is 17.0 Å². The molecule has 0 spiro atoms. The SMILES string of the molecule is C=CC1(C)CCCC(=O)C1O. The van der Waals surface area contributed by atoms with Crippen molar-refractivity contribution in [1.29, 1.82) is 0 Å². The van der Waals surface area contributed by atoms with E-state index in [-0.39, 0.29) is 11.2 Å².